The molecule has 11 heavy (non-hydrogen) atoms. The Hall–Kier alpha value is -1.80. The zero-order valence-corrected chi connectivity index (χ0v) is 5.68. The van der Waals surface area contributed by atoms with Gasteiger partial charge in [0.05, 0.1) is 5.56 Å². The second-order valence-electron chi connectivity index (χ2n) is 1.88. The van der Waals surface area contributed by atoms with Crippen molar-refractivity contribution >= 4 is 6.08 Å². The largest absolute Gasteiger partial charge is 0.325 e. The zero-order valence-electron chi connectivity index (χ0n) is 5.68. The first-order chi connectivity index (χ1) is 5.24. The quantitative estimate of drug-likeness (QED) is 0.547. The van der Waals surface area contributed by atoms with Crippen LogP contribution in [0.15, 0.2) is 28.1 Å². The SMILES string of the molecule is C=C=Cc1c[nH]c(=O)[nH]c1=O. The minimum absolute atomic E-state index is 0.333. The molecular formula is C7H6N2O2. The van der Waals surface area contributed by atoms with Crippen molar-refractivity contribution in [3.05, 3.63) is 44.9 Å². The number of H-pyrrole nitrogens is 2. The highest BCUT2D eigenvalue weighted by molar-refractivity contribution is 5.44. The molecule has 0 aliphatic rings. The van der Waals surface area contributed by atoms with Crippen LogP contribution >= 0.6 is 0 Å². The van der Waals surface area contributed by atoms with Crippen LogP contribution in [0.2, 0.25) is 0 Å². The molecule has 0 amide bonds. The zero-order chi connectivity index (χ0) is 8.27. The van der Waals surface area contributed by atoms with Crippen molar-refractivity contribution in [2.45, 2.75) is 0 Å². The lowest BCUT2D eigenvalue weighted by atomic mass is 10.3. The van der Waals surface area contributed by atoms with Gasteiger partial charge in [-0.1, -0.05) is 6.58 Å². The summed E-state index contributed by atoms with van der Waals surface area (Å²) < 4.78 is 0. The molecule has 4 heteroatoms. The lowest BCUT2D eigenvalue weighted by Gasteiger charge is -1.86. The lowest BCUT2D eigenvalue weighted by molar-refractivity contribution is 1.03. The van der Waals surface area contributed by atoms with E-state index in [1.54, 1.807) is 0 Å². The summed E-state index contributed by atoms with van der Waals surface area (Å²) in [6.45, 7) is 3.29. The second-order valence-corrected chi connectivity index (χ2v) is 1.88. The molecule has 1 heterocycles. The van der Waals surface area contributed by atoms with Crippen LogP contribution < -0.4 is 11.2 Å². The smallest absolute Gasteiger partial charge is 0.313 e. The summed E-state index contributed by atoms with van der Waals surface area (Å²) in [6.07, 6.45) is 2.69. The summed E-state index contributed by atoms with van der Waals surface area (Å²) >= 11 is 0. The van der Waals surface area contributed by atoms with E-state index >= 15 is 0 Å². The van der Waals surface area contributed by atoms with E-state index in [9.17, 15) is 9.59 Å². The van der Waals surface area contributed by atoms with Crippen molar-refractivity contribution < 1.29 is 0 Å². The van der Waals surface area contributed by atoms with Gasteiger partial charge >= 0.3 is 5.69 Å². The fraction of sp³-hybridized carbons (Fsp3) is 0. The lowest BCUT2D eigenvalue weighted by Crippen LogP contribution is -2.22. The van der Waals surface area contributed by atoms with Gasteiger partial charge in [0.15, 0.2) is 0 Å². The van der Waals surface area contributed by atoms with Crippen LogP contribution in [-0.4, -0.2) is 9.97 Å². The van der Waals surface area contributed by atoms with Crippen molar-refractivity contribution in [3.8, 4) is 0 Å². The van der Waals surface area contributed by atoms with Gasteiger partial charge in [-0.15, -0.1) is 5.73 Å². The van der Waals surface area contributed by atoms with Crippen LogP contribution in [-0.2, 0) is 0 Å². The first-order valence-corrected chi connectivity index (χ1v) is 2.92. The molecule has 0 saturated carbocycles. The van der Waals surface area contributed by atoms with E-state index in [-0.39, 0.29) is 0 Å². The van der Waals surface area contributed by atoms with Gasteiger partial charge < -0.3 is 4.98 Å². The van der Waals surface area contributed by atoms with Gasteiger partial charge in [-0.3, -0.25) is 9.78 Å². The van der Waals surface area contributed by atoms with Crippen molar-refractivity contribution in [1.82, 2.24) is 9.97 Å². The first kappa shape index (κ1) is 7.31. The molecule has 0 aliphatic carbocycles. The predicted molar refractivity (Wildman–Crippen MR) is 41.3 cm³/mol. The Morgan fingerprint density at radius 1 is 1.55 bits per heavy atom. The molecule has 0 bridgehead atoms. The highest BCUT2D eigenvalue weighted by Gasteiger charge is 1.92. The van der Waals surface area contributed by atoms with Crippen LogP contribution in [0.5, 0.6) is 0 Å². The molecule has 1 rings (SSSR count). The van der Waals surface area contributed by atoms with Gasteiger partial charge in [-0.2, -0.15) is 0 Å². The van der Waals surface area contributed by atoms with Crippen molar-refractivity contribution in [3.63, 3.8) is 0 Å². The average molecular weight is 150 g/mol. The molecule has 0 saturated heterocycles. The molecule has 1 aromatic rings. The fourth-order valence-electron chi connectivity index (χ4n) is 0.637. The number of rotatable bonds is 1. The molecule has 0 radical (unpaired) electrons. The third kappa shape index (κ3) is 1.56. The Morgan fingerprint density at radius 3 is 2.82 bits per heavy atom. The van der Waals surface area contributed by atoms with Crippen LogP contribution in [0.25, 0.3) is 6.08 Å². The Balaban J connectivity index is 3.42. The molecule has 56 valence electrons. The maximum absolute atomic E-state index is 10.9. The van der Waals surface area contributed by atoms with Gasteiger partial charge in [0.1, 0.15) is 0 Å². The summed E-state index contributed by atoms with van der Waals surface area (Å²) in [7, 11) is 0. The third-order valence-electron chi connectivity index (χ3n) is 1.11. The monoisotopic (exact) mass is 150 g/mol. The van der Waals surface area contributed by atoms with Gasteiger partial charge in [-0.05, 0) is 6.08 Å². The fourth-order valence-corrected chi connectivity index (χ4v) is 0.637. The van der Waals surface area contributed by atoms with E-state index in [0.717, 1.165) is 0 Å². The van der Waals surface area contributed by atoms with Gasteiger partial charge in [0.25, 0.3) is 5.56 Å². The summed E-state index contributed by atoms with van der Waals surface area (Å²) in [5.74, 6) is 0. The van der Waals surface area contributed by atoms with Gasteiger partial charge in [0.2, 0.25) is 0 Å². The Bertz CT molecular complexity index is 407. The number of hydrogen-bond donors (Lipinski definition) is 2. The topological polar surface area (TPSA) is 65.7 Å². The Morgan fingerprint density at radius 2 is 2.27 bits per heavy atom. The minimum atomic E-state index is -0.517. The number of hydrogen-bond acceptors (Lipinski definition) is 2. The minimum Gasteiger partial charge on any atom is -0.313 e. The molecule has 0 aromatic carbocycles. The molecule has 0 unspecified atom stereocenters. The van der Waals surface area contributed by atoms with Crippen LogP contribution in [0, 0.1) is 0 Å². The van der Waals surface area contributed by atoms with Crippen LogP contribution in [0.1, 0.15) is 5.56 Å². The summed E-state index contributed by atoms with van der Waals surface area (Å²) in [4.78, 5) is 25.7. The molecule has 0 atom stereocenters. The second kappa shape index (κ2) is 2.86. The van der Waals surface area contributed by atoms with Crippen molar-refractivity contribution in [2.24, 2.45) is 0 Å². The van der Waals surface area contributed by atoms with E-state index in [1.807, 2.05) is 0 Å². The van der Waals surface area contributed by atoms with Crippen molar-refractivity contribution in [2.75, 3.05) is 0 Å². The van der Waals surface area contributed by atoms with E-state index in [1.165, 1.54) is 12.3 Å². The predicted octanol–water partition coefficient (Wildman–Crippen LogP) is -0.139. The molecule has 4 nitrogen and oxygen atoms in total. The molecule has 0 spiro atoms. The maximum Gasteiger partial charge on any atom is 0.325 e. The van der Waals surface area contributed by atoms with Crippen LogP contribution in [0.3, 0.4) is 0 Å². The summed E-state index contributed by atoms with van der Waals surface area (Å²) in [5, 5.41) is 0. The van der Waals surface area contributed by atoms with E-state index in [2.05, 4.69) is 22.3 Å². The average Bonchev–Trinajstić information content (AvgIpc) is 1.95. The van der Waals surface area contributed by atoms with Crippen LogP contribution in [0.4, 0.5) is 0 Å². The Labute approximate surface area is 61.9 Å². The molecule has 0 fully saturated rings. The van der Waals surface area contributed by atoms with E-state index in [0.29, 0.717) is 5.56 Å². The molecule has 0 aliphatic heterocycles. The Kier molecular flexibility index (Phi) is 1.90. The summed E-state index contributed by atoms with van der Waals surface area (Å²) in [6, 6.07) is 0. The number of aromatic nitrogens is 2. The maximum atomic E-state index is 10.9. The van der Waals surface area contributed by atoms with Gasteiger partial charge in [0, 0.05) is 6.20 Å². The highest BCUT2D eigenvalue weighted by Crippen LogP contribution is 1.84. The van der Waals surface area contributed by atoms with Crippen molar-refractivity contribution in [1.29, 1.82) is 0 Å². The first-order valence-electron chi connectivity index (χ1n) is 2.92. The highest BCUT2D eigenvalue weighted by atomic mass is 16.2. The normalized spacial score (nSPS) is 8.73. The summed E-state index contributed by atoms with van der Waals surface area (Å²) in [5.41, 5.74) is 1.80. The number of aromatic amines is 2. The molecule has 1 aromatic heterocycles. The number of nitrogens with one attached hydrogen (secondary N) is 2. The molecular weight excluding hydrogens is 144 g/mol. The standard InChI is InChI=1S/C7H6N2O2/c1-2-3-5-4-8-7(11)9-6(5)10/h3-4H,1H2,(H2,8,9,10,11). The van der Waals surface area contributed by atoms with E-state index in [4.69, 9.17) is 0 Å². The van der Waals surface area contributed by atoms with Gasteiger partial charge in [-0.25, -0.2) is 4.79 Å². The molecule has 2 N–H and O–H groups in total. The van der Waals surface area contributed by atoms with E-state index < -0.39 is 11.2 Å². The third-order valence-corrected chi connectivity index (χ3v) is 1.11.